The number of thiazole rings is 1. The highest BCUT2D eigenvalue weighted by atomic mass is 32.1. The Labute approximate surface area is 162 Å². The van der Waals surface area contributed by atoms with Crippen LogP contribution < -0.4 is 4.74 Å². The molecular formula is C21H21N3O2S. The molecule has 5 nitrogen and oxygen atoms in total. The van der Waals surface area contributed by atoms with E-state index < -0.39 is 0 Å². The molecule has 1 fully saturated rings. The molecule has 1 unspecified atom stereocenters. The number of benzene rings is 1. The average molecular weight is 379 g/mol. The summed E-state index contributed by atoms with van der Waals surface area (Å²) in [5.74, 6) is 0.806. The third-order valence-electron chi connectivity index (χ3n) is 4.76. The first kappa shape index (κ1) is 17.7. The highest BCUT2D eigenvalue weighted by Crippen LogP contribution is 2.33. The number of amides is 1. The average Bonchev–Trinajstić information content (AvgIpc) is 3.36. The number of aryl methyl sites for hydroxylation is 1. The number of carbonyl (C=O) groups excluding carboxylic acids is 1. The van der Waals surface area contributed by atoms with E-state index in [2.05, 4.69) is 9.97 Å². The van der Waals surface area contributed by atoms with E-state index in [1.54, 1.807) is 23.7 Å². The van der Waals surface area contributed by atoms with Gasteiger partial charge in [0.25, 0.3) is 5.91 Å². The standard InChI is InChI=1S/C21H21N3O2S/c1-15-23-18(14-27-15)13-26-19-6-4-17(5-7-19)21(25)24-12-2-3-20(24)16-8-10-22-11-9-16/h4-11,14,20H,2-3,12-13H2,1H3. The Morgan fingerprint density at radius 1 is 1.22 bits per heavy atom. The van der Waals surface area contributed by atoms with Crippen molar-refractivity contribution < 1.29 is 9.53 Å². The number of hydrogen-bond donors (Lipinski definition) is 0. The molecule has 1 aliphatic heterocycles. The van der Waals surface area contributed by atoms with Crippen LogP contribution in [0.25, 0.3) is 0 Å². The van der Waals surface area contributed by atoms with Crippen molar-refractivity contribution in [2.45, 2.75) is 32.4 Å². The SMILES string of the molecule is Cc1nc(COc2ccc(C(=O)N3CCCC3c3ccncc3)cc2)cs1. The Bertz CT molecular complexity index is 909. The summed E-state index contributed by atoms with van der Waals surface area (Å²) in [5, 5.41) is 3.03. The van der Waals surface area contributed by atoms with Gasteiger partial charge in [-0.1, -0.05) is 0 Å². The fourth-order valence-corrected chi connectivity index (χ4v) is 4.03. The van der Waals surface area contributed by atoms with Gasteiger partial charge in [0, 0.05) is 29.9 Å². The van der Waals surface area contributed by atoms with Gasteiger partial charge in [-0.15, -0.1) is 11.3 Å². The minimum Gasteiger partial charge on any atom is -0.487 e. The third-order valence-corrected chi connectivity index (χ3v) is 5.58. The number of likely N-dealkylation sites (tertiary alicyclic amines) is 1. The zero-order valence-corrected chi connectivity index (χ0v) is 16.0. The van der Waals surface area contributed by atoms with Crippen molar-refractivity contribution in [1.82, 2.24) is 14.9 Å². The molecule has 1 aliphatic rings. The van der Waals surface area contributed by atoms with Crippen LogP contribution in [0.4, 0.5) is 0 Å². The van der Waals surface area contributed by atoms with Gasteiger partial charge in [0.1, 0.15) is 12.4 Å². The van der Waals surface area contributed by atoms with Crippen LogP contribution in [0.15, 0.2) is 54.2 Å². The summed E-state index contributed by atoms with van der Waals surface area (Å²) >= 11 is 1.61. The van der Waals surface area contributed by atoms with Crippen LogP contribution in [0, 0.1) is 6.92 Å². The summed E-state index contributed by atoms with van der Waals surface area (Å²) < 4.78 is 5.77. The lowest BCUT2D eigenvalue weighted by atomic mass is 10.1. The summed E-state index contributed by atoms with van der Waals surface area (Å²) in [4.78, 5) is 23.4. The van der Waals surface area contributed by atoms with Gasteiger partial charge in [-0.05, 0) is 61.7 Å². The van der Waals surface area contributed by atoms with Crippen LogP contribution >= 0.6 is 11.3 Å². The van der Waals surface area contributed by atoms with E-state index in [-0.39, 0.29) is 11.9 Å². The van der Waals surface area contributed by atoms with E-state index in [1.807, 2.05) is 53.6 Å². The van der Waals surface area contributed by atoms with E-state index in [1.165, 1.54) is 0 Å². The van der Waals surface area contributed by atoms with Crippen molar-refractivity contribution in [2.24, 2.45) is 0 Å². The molecule has 4 rings (SSSR count). The van der Waals surface area contributed by atoms with Crippen LogP contribution in [0.2, 0.25) is 0 Å². The normalized spacial score (nSPS) is 16.5. The number of rotatable bonds is 5. The fourth-order valence-electron chi connectivity index (χ4n) is 3.43. The van der Waals surface area contributed by atoms with Crippen LogP contribution in [0.1, 0.15) is 45.5 Å². The molecular weight excluding hydrogens is 358 g/mol. The summed E-state index contributed by atoms with van der Waals surface area (Å²) in [6.07, 6.45) is 5.58. The number of pyridine rings is 1. The van der Waals surface area contributed by atoms with Crippen molar-refractivity contribution in [1.29, 1.82) is 0 Å². The lowest BCUT2D eigenvalue weighted by Crippen LogP contribution is -2.30. The molecule has 1 aromatic carbocycles. The zero-order chi connectivity index (χ0) is 18.6. The molecule has 1 amide bonds. The maximum atomic E-state index is 13.0. The molecule has 2 aromatic heterocycles. The molecule has 1 saturated heterocycles. The van der Waals surface area contributed by atoms with Gasteiger partial charge in [-0.25, -0.2) is 4.98 Å². The molecule has 0 saturated carbocycles. The summed E-state index contributed by atoms with van der Waals surface area (Å²) in [5.41, 5.74) is 2.76. The van der Waals surface area contributed by atoms with Crippen molar-refractivity contribution >= 4 is 17.2 Å². The van der Waals surface area contributed by atoms with Gasteiger partial charge in [-0.3, -0.25) is 9.78 Å². The van der Waals surface area contributed by atoms with Crippen molar-refractivity contribution in [2.75, 3.05) is 6.54 Å². The fraction of sp³-hybridized carbons (Fsp3) is 0.286. The minimum absolute atomic E-state index is 0.0657. The molecule has 3 aromatic rings. The molecule has 27 heavy (non-hydrogen) atoms. The smallest absolute Gasteiger partial charge is 0.254 e. The largest absolute Gasteiger partial charge is 0.487 e. The first-order chi connectivity index (χ1) is 13.2. The predicted molar refractivity (Wildman–Crippen MR) is 105 cm³/mol. The number of aromatic nitrogens is 2. The molecule has 6 heteroatoms. The molecule has 3 heterocycles. The second kappa shape index (κ2) is 7.88. The Morgan fingerprint density at radius 2 is 2.00 bits per heavy atom. The molecule has 138 valence electrons. The highest BCUT2D eigenvalue weighted by Gasteiger charge is 2.30. The number of carbonyl (C=O) groups is 1. The number of hydrogen-bond acceptors (Lipinski definition) is 5. The first-order valence-electron chi connectivity index (χ1n) is 9.05. The second-order valence-electron chi connectivity index (χ2n) is 6.61. The highest BCUT2D eigenvalue weighted by molar-refractivity contribution is 7.09. The monoisotopic (exact) mass is 379 g/mol. The maximum absolute atomic E-state index is 13.0. The quantitative estimate of drug-likeness (QED) is 0.659. The number of ether oxygens (including phenoxy) is 1. The van der Waals surface area contributed by atoms with Crippen molar-refractivity contribution in [3.8, 4) is 5.75 Å². The van der Waals surface area contributed by atoms with E-state index in [0.29, 0.717) is 12.2 Å². The Balaban J connectivity index is 1.42. The summed E-state index contributed by atoms with van der Waals surface area (Å²) in [6, 6.07) is 11.5. The summed E-state index contributed by atoms with van der Waals surface area (Å²) in [6.45, 7) is 3.20. The first-order valence-corrected chi connectivity index (χ1v) is 9.93. The third kappa shape index (κ3) is 4.01. The molecule has 0 bridgehead atoms. The lowest BCUT2D eigenvalue weighted by Gasteiger charge is -2.25. The van der Waals surface area contributed by atoms with E-state index in [9.17, 15) is 4.79 Å². The van der Waals surface area contributed by atoms with E-state index >= 15 is 0 Å². The number of nitrogens with zero attached hydrogens (tertiary/aromatic N) is 3. The Hall–Kier alpha value is -2.73. The van der Waals surface area contributed by atoms with Gasteiger partial charge in [0.15, 0.2) is 0 Å². The van der Waals surface area contributed by atoms with Crippen LogP contribution in [0.3, 0.4) is 0 Å². The molecule has 0 N–H and O–H groups in total. The minimum atomic E-state index is 0.0657. The van der Waals surface area contributed by atoms with E-state index in [0.717, 1.165) is 41.4 Å². The van der Waals surface area contributed by atoms with E-state index in [4.69, 9.17) is 4.74 Å². The Morgan fingerprint density at radius 3 is 2.70 bits per heavy atom. The van der Waals surface area contributed by atoms with Crippen LogP contribution in [-0.4, -0.2) is 27.3 Å². The Kier molecular flexibility index (Phi) is 5.16. The van der Waals surface area contributed by atoms with Gasteiger partial charge < -0.3 is 9.64 Å². The van der Waals surface area contributed by atoms with Crippen LogP contribution in [-0.2, 0) is 6.61 Å². The molecule has 0 aliphatic carbocycles. The van der Waals surface area contributed by atoms with Gasteiger partial charge in [0.05, 0.1) is 16.7 Å². The topological polar surface area (TPSA) is 55.3 Å². The van der Waals surface area contributed by atoms with Gasteiger partial charge in [0.2, 0.25) is 0 Å². The molecule has 0 radical (unpaired) electrons. The predicted octanol–water partition coefficient (Wildman–Crippen LogP) is 4.40. The molecule has 1 atom stereocenters. The second-order valence-corrected chi connectivity index (χ2v) is 7.67. The lowest BCUT2D eigenvalue weighted by molar-refractivity contribution is 0.0735. The van der Waals surface area contributed by atoms with Crippen LogP contribution in [0.5, 0.6) is 5.75 Å². The molecule has 0 spiro atoms. The van der Waals surface area contributed by atoms with Crippen molar-refractivity contribution in [3.63, 3.8) is 0 Å². The zero-order valence-electron chi connectivity index (χ0n) is 15.2. The maximum Gasteiger partial charge on any atom is 0.254 e. The van der Waals surface area contributed by atoms with Crippen molar-refractivity contribution in [3.05, 3.63) is 76.0 Å². The van der Waals surface area contributed by atoms with Gasteiger partial charge in [-0.2, -0.15) is 0 Å². The van der Waals surface area contributed by atoms with Gasteiger partial charge >= 0.3 is 0 Å². The summed E-state index contributed by atoms with van der Waals surface area (Å²) in [7, 11) is 0.